The summed E-state index contributed by atoms with van der Waals surface area (Å²) in [6.07, 6.45) is 1.39. The molecule has 0 spiro atoms. The molecule has 5 heteroatoms. The molecule has 120 valence electrons. The maximum absolute atomic E-state index is 12.5. The van der Waals surface area contributed by atoms with Crippen LogP contribution in [0, 0.1) is 13.8 Å². The highest BCUT2D eigenvalue weighted by molar-refractivity contribution is 6.58. The first-order valence-corrected chi connectivity index (χ1v) is 7.47. The van der Waals surface area contributed by atoms with Crippen LogP contribution in [0.1, 0.15) is 22.3 Å². The van der Waals surface area contributed by atoms with Crippen molar-refractivity contribution in [1.82, 2.24) is 0 Å². The summed E-state index contributed by atoms with van der Waals surface area (Å²) in [4.78, 5) is 23.8. The predicted octanol–water partition coefficient (Wildman–Crippen LogP) is 3.17. The van der Waals surface area contributed by atoms with Gasteiger partial charge in [-0.3, -0.25) is 10.2 Å². The number of ketones is 1. The summed E-state index contributed by atoms with van der Waals surface area (Å²) >= 11 is 0. The Morgan fingerprint density at radius 2 is 1.88 bits per heavy atom. The zero-order valence-corrected chi connectivity index (χ0v) is 13.3. The lowest BCUT2D eigenvalue weighted by Gasteiger charge is -2.16. The van der Waals surface area contributed by atoms with E-state index >= 15 is 0 Å². The number of nitrogens with zero attached hydrogens (tertiary/aromatic N) is 1. The Labute approximate surface area is 139 Å². The van der Waals surface area contributed by atoms with Gasteiger partial charge in [0, 0.05) is 5.56 Å². The number of carboxylic acid groups (broad SMARTS) is 1. The minimum absolute atomic E-state index is 0.102. The second kappa shape index (κ2) is 6.12. The van der Waals surface area contributed by atoms with Crippen molar-refractivity contribution < 1.29 is 14.7 Å². The van der Waals surface area contributed by atoms with Crippen LogP contribution >= 0.6 is 0 Å². The number of hydrogen-bond acceptors (Lipinski definition) is 4. The lowest BCUT2D eigenvalue weighted by atomic mass is 9.89. The minimum Gasteiger partial charge on any atom is -0.478 e. The molecule has 3 rings (SSSR count). The van der Waals surface area contributed by atoms with E-state index in [1.54, 1.807) is 24.3 Å². The van der Waals surface area contributed by atoms with Crippen LogP contribution in [0.2, 0.25) is 0 Å². The Balaban J connectivity index is 2.04. The zero-order valence-electron chi connectivity index (χ0n) is 13.3. The van der Waals surface area contributed by atoms with Gasteiger partial charge in [-0.05, 0) is 37.1 Å². The molecule has 0 unspecified atom stereocenters. The number of hydrazone groups is 1. The van der Waals surface area contributed by atoms with Crippen LogP contribution in [-0.4, -0.2) is 22.6 Å². The summed E-state index contributed by atoms with van der Waals surface area (Å²) in [5.74, 6) is -1.85. The Kier molecular flexibility index (Phi) is 4.00. The maximum atomic E-state index is 12.5. The number of anilines is 1. The lowest BCUT2D eigenvalue weighted by Crippen LogP contribution is -2.27. The highest BCUT2D eigenvalue weighted by Crippen LogP contribution is 2.23. The standard InChI is InChI=1S/C19H16N2O3/c1-11-7-8-16(12(2)9-11)20-21-17-14-6-4-3-5-13(14)10-15(18(17)22)19(23)24/h3-10,20H,1-2H3,(H,23,24)/b21-17-. The van der Waals surface area contributed by atoms with Gasteiger partial charge in [-0.25, -0.2) is 4.79 Å². The molecule has 0 radical (unpaired) electrons. The average molecular weight is 320 g/mol. The van der Waals surface area contributed by atoms with Gasteiger partial charge in [-0.1, -0.05) is 42.0 Å². The van der Waals surface area contributed by atoms with Crippen LogP contribution in [0.4, 0.5) is 5.69 Å². The maximum Gasteiger partial charge on any atom is 0.339 e. The van der Waals surface area contributed by atoms with Crippen molar-refractivity contribution in [2.75, 3.05) is 5.43 Å². The number of carboxylic acids is 1. The molecule has 0 saturated heterocycles. The van der Waals surface area contributed by atoms with E-state index in [9.17, 15) is 14.7 Å². The highest BCUT2D eigenvalue weighted by Gasteiger charge is 2.29. The summed E-state index contributed by atoms with van der Waals surface area (Å²) in [7, 11) is 0. The van der Waals surface area contributed by atoms with E-state index in [2.05, 4.69) is 10.5 Å². The van der Waals surface area contributed by atoms with Crippen LogP contribution < -0.4 is 5.43 Å². The van der Waals surface area contributed by atoms with Crippen molar-refractivity contribution in [3.63, 3.8) is 0 Å². The summed E-state index contributed by atoms with van der Waals surface area (Å²) in [6.45, 7) is 3.93. The molecule has 0 amide bonds. The molecule has 1 aliphatic carbocycles. The fraction of sp³-hybridized carbons (Fsp3) is 0.105. The molecule has 2 N–H and O–H groups in total. The third kappa shape index (κ3) is 2.84. The van der Waals surface area contributed by atoms with Crippen LogP contribution in [0.5, 0.6) is 0 Å². The van der Waals surface area contributed by atoms with Crippen molar-refractivity contribution >= 4 is 29.2 Å². The molecule has 0 aliphatic heterocycles. The number of aryl methyl sites for hydroxylation is 2. The number of rotatable bonds is 3. The average Bonchev–Trinajstić information content (AvgIpc) is 2.55. The van der Waals surface area contributed by atoms with E-state index in [0.717, 1.165) is 16.8 Å². The number of hydrogen-bond donors (Lipinski definition) is 2. The smallest absolute Gasteiger partial charge is 0.339 e. The molecule has 2 aromatic rings. The Morgan fingerprint density at radius 3 is 2.58 bits per heavy atom. The van der Waals surface area contributed by atoms with Gasteiger partial charge in [0.15, 0.2) is 0 Å². The van der Waals surface area contributed by atoms with E-state index < -0.39 is 11.8 Å². The van der Waals surface area contributed by atoms with Crippen LogP contribution in [-0.2, 0) is 9.59 Å². The van der Waals surface area contributed by atoms with Crippen molar-refractivity contribution in [2.45, 2.75) is 13.8 Å². The van der Waals surface area contributed by atoms with E-state index in [4.69, 9.17) is 0 Å². The summed E-state index contributed by atoms with van der Waals surface area (Å²) in [5, 5.41) is 13.5. The first kappa shape index (κ1) is 15.7. The second-order valence-electron chi connectivity index (χ2n) is 5.67. The van der Waals surface area contributed by atoms with Crippen LogP contribution in [0.15, 0.2) is 53.1 Å². The Bertz CT molecular complexity index is 911. The number of benzene rings is 2. The summed E-state index contributed by atoms with van der Waals surface area (Å²) < 4.78 is 0. The molecule has 5 nitrogen and oxygen atoms in total. The topological polar surface area (TPSA) is 78.8 Å². The van der Waals surface area contributed by atoms with Crippen LogP contribution in [0.3, 0.4) is 0 Å². The van der Waals surface area contributed by atoms with Gasteiger partial charge in [-0.15, -0.1) is 0 Å². The number of aliphatic carboxylic acids is 1. The quantitative estimate of drug-likeness (QED) is 0.672. The second-order valence-corrected chi connectivity index (χ2v) is 5.67. The minimum atomic E-state index is -1.26. The van der Waals surface area contributed by atoms with E-state index in [1.807, 2.05) is 32.0 Å². The molecule has 0 saturated carbocycles. The lowest BCUT2D eigenvalue weighted by molar-refractivity contribution is -0.133. The van der Waals surface area contributed by atoms with Crippen molar-refractivity contribution in [1.29, 1.82) is 0 Å². The predicted molar refractivity (Wildman–Crippen MR) is 93.1 cm³/mol. The third-order valence-corrected chi connectivity index (χ3v) is 3.88. The molecule has 0 atom stereocenters. The molecule has 0 heterocycles. The van der Waals surface area contributed by atoms with Gasteiger partial charge in [-0.2, -0.15) is 5.10 Å². The monoisotopic (exact) mass is 320 g/mol. The normalized spacial score (nSPS) is 15.0. The highest BCUT2D eigenvalue weighted by atomic mass is 16.4. The first-order valence-electron chi connectivity index (χ1n) is 7.47. The van der Waals surface area contributed by atoms with Gasteiger partial charge in [0.2, 0.25) is 5.78 Å². The van der Waals surface area contributed by atoms with Gasteiger partial charge in [0.1, 0.15) is 11.3 Å². The molecular formula is C19H16N2O3. The Morgan fingerprint density at radius 1 is 1.12 bits per heavy atom. The van der Waals surface area contributed by atoms with Gasteiger partial charge < -0.3 is 5.11 Å². The van der Waals surface area contributed by atoms with Crippen molar-refractivity contribution in [2.24, 2.45) is 5.10 Å². The van der Waals surface area contributed by atoms with Crippen molar-refractivity contribution in [3.05, 3.63) is 70.3 Å². The summed E-state index contributed by atoms with van der Waals surface area (Å²) in [6, 6.07) is 12.9. The molecule has 2 aromatic carbocycles. The molecular weight excluding hydrogens is 304 g/mol. The van der Waals surface area contributed by atoms with E-state index in [-0.39, 0.29) is 11.3 Å². The first-order chi connectivity index (χ1) is 11.5. The number of Topliss-reactive ketones (excluding diaryl/α,β-unsaturated/α-hetero) is 1. The van der Waals surface area contributed by atoms with E-state index in [0.29, 0.717) is 11.1 Å². The molecule has 0 fully saturated rings. The molecule has 24 heavy (non-hydrogen) atoms. The van der Waals surface area contributed by atoms with Gasteiger partial charge in [0.05, 0.1) is 5.69 Å². The fourth-order valence-electron chi connectivity index (χ4n) is 2.63. The fourth-order valence-corrected chi connectivity index (χ4v) is 2.63. The van der Waals surface area contributed by atoms with Gasteiger partial charge >= 0.3 is 5.97 Å². The largest absolute Gasteiger partial charge is 0.478 e. The van der Waals surface area contributed by atoms with Crippen molar-refractivity contribution in [3.8, 4) is 0 Å². The van der Waals surface area contributed by atoms with E-state index in [1.165, 1.54) is 6.08 Å². The summed E-state index contributed by atoms with van der Waals surface area (Å²) in [5.41, 5.74) is 6.87. The third-order valence-electron chi connectivity index (χ3n) is 3.88. The molecule has 0 aromatic heterocycles. The number of fused-ring (bicyclic) bond motifs is 1. The number of carbonyl (C=O) groups is 2. The van der Waals surface area contributed by atoms with Crippen LogP contribution in [0.25, 0.3) is 6.08 Å². The zero-order chi connectivity index (χ0) is 17.3. The SMILES string of the molecule is Cc1ccc(N/N=C2\C(=O)C(C(=O)O)=Cc3ccccc32)c(C)c1. The molecule has 1 aliphatic rings. The Hall–Kier alpha value is -3.21. The molecule has 0 bridgehead atoms. The van der Waals surface area contributed by atoms with Gasteiger partial charge in [0.25, 0.3) is 0 Å². The number of carbonyl (C=O) groups excluding carboxylic acids is 1. The number of nitrogens with one attached hydrogen (secondary N) is 1.